The van der Waals surface area contributed by atoms with Crippen LogP contribution in [0.2, 0.25) is 0 Å². The third kappa shape index (κ3) is 2.27. The Morgan fingerprint density at radius 2 is 1.96 bits per heavy atom. The lowest BCUT2D eigenvalue weighted by Crippen LogP contribution is -2.50. The van der Waals surface area contributed by atoms with Crippen molar-refractivity contribution in [2.45, 2.75) is 59.3 Å². The fraction of sp³-hybridized carbons (Fsp3) is 0.727. The van der Waals surface area contributed by atoms with E-state index < -0.39 is 0 Å². The predicted molar refractivity (Wildman–Crippen MR) is 96.8 cm³/mol. The molecule has 136 valence electrons. The summed E-state index contributed by atoms with van der Waals surface area (Å²) in [6.07, 6.45) is 10.2. The van der Waals surface area contributed by atoms with Crippen LogP contribution in [0.1, 0.15) is 59.3 Å². The summed E-state index contributed by atoms with van der Waals surface area (Å²) in [6.45, 7) is 6.51. The summed E-state index contributed by atoms with van der Waals surface area (Å²) in [4.78, 5) is 24.3. The molecule has 0 spiro atoms. The fourth-order valence-corrected chi connectivity index (χ4v) is 7.05. The Morgan fingerprint density at radius 3 is 2.68 bits per heavy atom. The number of carbonyl (C=O) groups is 2. The summed E-state index contributed by atoms with van der Waals surface area (Å²) in [5.41, 5.74) is 2.69. The van der Waals surface area contributed by atoms with Crippen molar-refractivity contribution in [3.8, 4) is 0 Å². The average Bonchev–Trinajstić information content (AvgIpc) is 2.93. The van der Waals surface area contributed by atoms with Gasteiger partial charge in [-0.25, -0.2) is 0 Å². The Morgan fingerprint density at radius 1 is 1.20 bits per heavy atom. The lowest BCUT2D eigenvalue weighted by atomic mass is 9.47. The Bertz CT molecular complexity index is 687. The molecule has 0 saturated heterocycles. The van der Waals surface area contributed by atoms with Crippen LogP contribution in [0.3, 0.4) is 0 Å². The van der Waals surface area contributed by atoms with E-state index in [1.54, 1.807) is 0 Å². The summed E-state index contributed by atoms with van der Waals surface area (Å²) in [5, 5.41) is 9.39. The maximum atomic E-state index is 12.3. The molecule has 0 unspecified atom stereocenters. The standard InChI is InChI=1S/C22H30O3/c1-13-10-15-16-4-5-18(20(25)12-23)21(16,2)9-7-17(15)22(3)8-6-14(24)11-19(13)22/h10-11,15-18,23H,4-9,12H2,1-3H3/t15-,16-,17-,18+,21-,22+/m0/s1. The molecule has 4 aliphatic carbocycles. The highest BCUT2D eigenvalue weighted by Crippen LogP contribution is 2.66. The highest BCUT2D eigenvalue weighted by Gasteiger charge is 2.59. The molecule has 3 heteroatoms. The molecule has 0 amide bonds. The zero-order chi connectivity index (χ0) is 18.0. The van der Waals surface area contributed by atoms with Gasteiger partial charge in [0, 0.05) is 12.3 Å². The van der Waals surface area contributed by atoms with Crippen LogP contribution in [0.15, 0.2) is 23.3 Å². The van der Waals surface area contributed by atoms with E-state index in [-0.39, 0.29) is 34.9 Å². The number of ketones is 2. The largest absolute Gasteiger partial charge is 0.389 e. The summed E-state index contributed by atoms with van der Waals surface area (Å²) in [5.74, 6) is 1.94. The molecule has 0 radical (unpaired) electrons. The van der Waals surface area contributed by atoms with Crippen molar-refractivity contribution in [2.75, 3.05) is 6.61 Å². The molecule has 0 aromatic heterocycles. The summed E-state index contributed by atoms with van der Waals surface area (Å²) < 4.78 is 0. The minimum Gasteiger partial charge on any atom is -0.389 e. The highest BCUT2D eigenvalue weighted by molar-refractivity contribution is 5.92. The molecular formula is C22H30O3. The second-order valence-corrected chi connectivity index (χ2v) is 9.38. The molecule has 2 saturated carbocycles. The van der Waals surface area contributed by atoms with Crippen molar-refractivity contribution >= 4 is 11.6 Å². The van der Waals surface area contributed by atoms with Gasteiger partial charge in [-0.3, -0.25) is 9.59 Å². The van der Waals surface area contributed by atoms with E-state index in [4.69, 9.17) is 0 Å². The SMILES string of the molecule is CC1=C[C@H]2[C@@H]3CC[C@H](C(=O)CO)[C@@]3(C)CC[C@@H]2[C@@]2(C)CCC(=O)C=C12. The van der Waals surface area contributed by atoms with E-state index in [0.29, 0.717) is 24.2 Å². The average molecular weight is 342 g/mol. The number of Topliss-reactive ketones (excluding diaryl/α,β-unsaturated/α-hetero) is 1. The first-order chi connectivity index (χ1) is 11.8. The number of aliphatic hydroxyl groups is 1. The van der Waals surface area contributed by atoms with E-state index in [9.17, 15) is 14.7 Å². The highest BCUT2D eigenvalue weighted by atomic mass is 16.3. The smallest absolute Gasteiger partial charge is 0.161 e. The van der Waals surface area contributed by atoms with Crippen LogP contribution in [0.4, 0.5) is 0 Å². The molecule has 4 aliphatic rings. The van der Waals surface area contributed by atoms with E-state index in [2.05, 4.69) is 26.8 Å². The molecule has 0 bridgehead atoms. The maximum absolute atomic E-state index is 12.3. The Hall–Kier alpha value is -1.22. The van der Waals surface area contributed by atoms with Crippen molar-refractivity contribution in [1.82, 2.24) is 0 Å². The fourth-order valence-electron chi connectivity index (χ4n) is 7.05. The van der Waals surface area contributed by atoms with Crippen LogP contribution in [-0.4, -0.2) is 23.3 Å². The molecule has 0 aliphatic heterocycles. The first-order valence-electron chi connectivity index (χ1n) is 9.88. The third-order valence-corrected chi connectivity index (χ3v) is 8.37. The van der Waals surface area contributed by atoms with Crippen LogP contribution in [0, 0.1) is 34.5 Å². The normalized spacial score (nSPS) is 45.8. The number of allylic oxidation sites excluding steroid dienone is 4. The van der Waals surface area contributed by atoms with E-state index >= 15 is 0 Å². The molecule has 4 rings (SSSR count). The van der Waals surface area contributed by atoms with Crippen LogP contribution in [-0.2, 0) is 9.59 Å². The molecule has 0 aromatic rings. The number of fused-ring (bicyclic) bond motifs is 5. The van der Waals surface area contributed by atoms with E-state index in [1.807, 2.05) is 6.08 Å². The third-order valence-electron chi connectivity index (χ3n) is 8.37. The molecule has 2 fully saturated rings. The monoisotopic (exact) mass is 342 g/mol. The second kappa shape index (κ2) is 5.64. The van der Waals surface area contributed by atoms with Gasteiger partial charge < -0.3 is 5.11 Å². The van der Waals surface area contributed by atoms with Gasteiger partial charge in [-0.1, -0.05) is 25.5 Å². The topological polar surface area (TPSA) is 54.4 Å². The predicted octanol–water partition coefficient (Wildman–Crippen LogP) is 3.86. The Labute approximate surface area is 150 Å². The number of carbonyl (C=O) groups excluding carboxylic acids is 2. The van der Waals surface area contributed by atoms with Crippen LogP contribution in [0.5, 0.6) is 0 Å². The van der Waals surface area contributed by atoms with Crippen molar-refractivity contribution in [3.05, 3.63) is 23.3 Å². The minimum absolute atomic E-state index is 0.0230. The van der Waals surface area contributed by atoms with Crippen molar-refractivity contribution < 1.29 is 14.7 Å². The molecule has 6 atom stereocenters. The van der Waals surface area contributed by atoms with Gasteiger partial charge in [0.2, 0.25) is 0 Å². The van der Waals surface area contributed by atoms with Gasteiger partial charge in [-0.05, 0) is 79.3 Å². The number of rotatable bonds is 2. The molecule has 0 aromatic carbocycles. The summed E-state index contributed by atoms with van der Waals surface area (Å²) >= 11 is 0. The number of hydrogen-bond acceptors (Lipinski definition) is 3. The van der Waals surface area contributed by atoms with Gasteiger partial charge in [-0.15, -0.1) is 0 Å². The van der Waals surface area contributed by atoms with Crippen molar-refractivity contribution in [1.29, 1.82) is 0 Å². The van der Waals surface area contributed by atoms with E-state index in [1.165, 1.54) is 11.1 Å². The van der Waals surface area contributed by atoms with Crippen LogP contribution < -0.4 is 0 Å². The van der Waals surface area contributed by atoms with Gasteiger partial charge in [0.1, 0.15) is 6.61 Å². The lowest BCUT2D eigenvalue weighted by molar-refractivity contribution is -0.131. The van der Waals surface area contributed by atoms with Crippen molar-refractivity contribution in [3.63, 3.8) is 0 Å². The van der Waals surface area contributed by atoms with Gasteiger partial charge in [0.25, 0.3) is 0 Å². The Balaban J connectivity index is 1.74. The zero-order valence-corrected chi connectivity index (χ0v) is 15.7. The van der Waals surface area contributed by atoms with Gasteiger partial charge >= 0.3 is 0 Å². The molecule has 1 N–H and O–H groups in total. The zero-order valence-electron chi connectivity index (χ0n) is 15.7. The summed E-state index contributed by atoms with van der Waals surface area (Å²) in [6, 6.07) is 0. The van der Waals surface area contributed by atoms with Crippen LogP contribution >= 0.6 is 0 Å². The maximum Gasteiger partial charge on any atom is 0.161 e. The second-order valence-electron chi connectivity index (χ2n) is 9.38. The number of hydrogen-bond donors (Lipinski definition) is 1. The van der Waals surface area contributed by atoms with E-state index in [0.717, 1.165) is 32.1 Å². The quantitative estimate of drug-likeness (QED) is 0.829. The molecular weight excluding hydrogens is 312 g/mol. The minimum atomic E-state index is -0.317. The molecule has 0 heterocycles. The van der Waals surface area contributed by atoms with Gasteiger partial charge in [-0.2, -0.15) is 0 Å². The Kier molecular flexibility index (Phi) is 3.88. The number of aliphatic hydroxyl groups excluding tert-OH is 1. The molecule has 3 nitrogen and oxygen atoms in total. The molecule has 25 heavy (non-hydrogen) atoms. The summed E-state index contributed by atoms with van der Waals surface area (Å²) in [7, 11) is 0. The first-order valence-corrected chi connectivity index (χ1v) is 9.88. The van der Waals surface area contributed by atoms with Crippen LogP contribution in [0.25, 0.3) is 0 Å². The van der Waals surface area contributed by atoms with Gasteiger partial charge in [0.05, 0.1) is 0 Å². The van der Waals surface area contributed by atoms with Crippen molar-refractivity contribution in [2.24, 2.45) is 34.5 Å². The van der Waals surface area contributed by atoms with Gasteiger partial charge in [0.15, 0.2) is 11.6 Å². The lowest BCUT2D eigenvalue weighted by Gasteiger charge is -2.56. The first kappa shape index (κ1) is 17.2.